The second kappa shape index (κ2) is 12.2. The number of hydrogen-bond donors (Lipinski definition) is 1. The molecule has 8 nitrogen and oxygen atoms in total. The first-order valence-electron chi connectivity index (χ1n) is 12.9. The molecule has 1 heterocycles. The van der Waals surface area contributed by atoms with Crippen molar-refractivity contribution in [2.24, 2.45) is 5.92 Å². The fourth-order valence-corrected chi connectivity index (χ4v) is 3.93. The first-order chi connectivity index (χ1) is 17.9. The van der Waals surface area contributed by atoms with Crippen molar-refractivity contribution in [3.05, 3.63) is 65.4 Å². The van der Waals surface area contributed by atoms with E-state index in [1.807, 2.05) is 37.3 Å². The molecule has 1 N–H and O–H groups in total. The van der Waals surface area contributed by atoms with Crippen molar-refractivity contribution in [3.8, 4) is 17.2 Å². The number of amides is 2. The van der Waals surface area contributed by atoms with Crippen LogP contribution in [0.4, 0.5) is 5.82 Å². The Labute approximate surface area is 225 Å². The predicted octanol–water partition coefficient (Wildman–Crippen LogP) is 5.62. The summed E-state index contributed by atoms with van der Waals surface area (Å²) in [5.74, 6) is 1.39. The Bertz CT molecular complexity index is 1250. The van der Waals surface area contributed by atoms with E-state index in [1.54, 1.807) is 27.8 Å². The van der Waals surface area contributed by atoms with Crippen LogP contribution in [-0.2, 0) is 10.2 Å². The van der Waals surface area contributed by atoms with E-state index < -0.39 is 0 Å². The molecule has 0 radical (unpaired) electrons. The van der Waals surface area contributed by atoms with Crippen LogP contribution in [0, 0.1) is 12.8 Å². The molecule has 0 bridgehead atoms. The molecular formula is C30H40N4O4. The molecule has 0 saturated heterocycles. The van der Waals surface area contributed by atoms with Gasteiger partial charge in [-0.2, -0.15) is 5.10 Å². The van der Waals surface area contributed by atoms with Gasteiger partial charge in [0.2, 0.25) is 5.91 Å². The molecule has 0 unspecified atom stereocenters. The number of aryl methyl sites for hydroxylation is 1. The number of rotatable bonds is 10. The summed E-state index contributed by atoms with van der Waals surface area (Å²) in [7, 11) is 3.08. The van der Waals surface area contributed by atoms with Crippen LogP contribution in [0.3, 0.4) is 0 Å². The van der Waals surface area contributed by atoms with E-state index in [4.69, 9.17) is 14.6 Å². The number of methoxy groups -OCH3 is 2. The zero-order valence-corrected chi connectivity index (χ0v) is 23.8. The van der Waals surface area contributed by atoms with Crippen LogP contribution >= 0.6 is 0 Å². The average Bonchev–Trinajstić information content (AvgIpc) is 3.29. The number of benzene rings is 2. The van der Waals surface area contributed by atoms with Crippen LogP contribution in [0.5, 0.6) is 11.5 Å². The minimum Gasteiger partial charge on any atom is -0.497 e. The molecule has 0 saturated carbocycles. The Morgan fingerprint density at radius 1 is 1.03 bits per heavy atom. The molecule has 0 fully saturated rings. The van der Waals surface area contributed by atoms with Crippen LogP contribution in [-0.4, -0.2) is 53.8 Å². The predicted molar refractivity (Wildman–Crippen MR) is 151 cm³/mol. The van der Waals surface area contributed by atoms with Crippen molar-refractivity contribution in [2.75, 3.05) is 32.6 Å². The van der Waals surface area contributed by atoms with Gasteiger partial charge in [0, 0.05) is 29.7 Å². The van der Waals surface area contributed by atoms with E-state index >= 15 is 0 Å². The SMILES string of the molecule is COc1cc(OC)cc(C(=O)N(CCC(C)C)CC(=O)Nc2cc(C(C)(C)C)nn2-c2cccc(C)c2)c1. The standard InChI is InChI=1S/C30H40N4O4/c1-20(2)12-13-33(29(36)22-15-24(37-7)17-25(16-22)38-8)19-28(35)31-27-18-26(30(4,5)6)32-34(27)23-11-9-10-21(3)14-23/h9-11,14-18,20H,12-13,19H2,1-8H3,(H,31,35). The molecule has 1 aromatic heterocycles. The summed E-state index contributed by atoms with van der Waals surface area (Å²) in [5, 5.41) is 7.81. The van der Waals surface area contributed by atoms with Crippen molar-refractivity contribution in [2.45, 2.75) is 53.4 Å². The van der Waals surface area contributed by atoms with Gasteiger partial charge in [0.15, 0.2) is 0 Å². The Balaban J connectivity index is 1.90. The summed E-state index contributed by atoms with van der Waals surface area (Å²) in [6, 6.07) is 14.9. The lowest BCUT2D eigenvalue weighted by atomic mass is 9.92. The third-order valence-electron chi connectivity index (χ3n) is 6.19. The maximum atomic E-state index is 13.6. The highest BCUT2D eigenvalue weighted by atomic mass is 16.5. The Morgan fingerprint density at radius 2 is 1.68 bits per heavy atom. The number of ether oxygens (including phenoxy) is 2. The van der Waals surface area contributed by atoms with Crippen molar-refractivity contribution in [3.63, 3.8) is 0 Å². The van der Waals surface area contributed by atoms with Crippen molar-refractivity contribution in [1.29, 1.82) is 0 Å². The number of carbonyl (C=O) groups excluding carboxylic acids is 2. The quantitative estimate of drug-likeness (QED) is 0.375. The summed E-state index contributed by atoms with van der Waals surface area (Å²) >= 11 is 0. The Kier molecular flexibility index (Phi) is 9.20. The molecule has 0 aliphatic heterocycles. The lowest BCUT2D eigenvalue weighted by Gasteiger charge is -2.24. The highest BCUT2D eigenvalue weighted by Gasteiger charge is 2.24. The van der Waals surface area contributed by atoms with E-state index in [9.17, 15) is 9.59 Å². The van der Waals surface area contributed by atoms with E-state index in [1.165, 1.54) is 14.2 Å². The third-order valence-corrected chi connectivity index (χ3v) is 6.19. The first kappa shape index (κ1) is 28.8. The molecule has 0 aliphatic rings. The molecule has 38 heavy (non-hydrogen) atoms. The van der Waals surface area contributed by atoms with Crippen molar-refractivity contribution in [1.82, 2.24) is 14.7 Å². The molecule has 2 aromatic carbocycles. The smallest absolute Gasteiger partial charge is 0.254 e. The molecule has 0 spiro atoms. The van der Waals surface area contributed by atoms with Gasteiger partial charge < -0.3 is 19.7 Å². The van der Waals surface area contributed by atoms with Gasteiger partial charge in [0.1, 0.15) is 23.9 Å². The van der Waals surface area contributed by atoms with Crippen molar-refractivity contribution < 1.29 is 19.1 Å². The van der Waals surface area contributed by atoms with Crippen LogP contribution in [0.25, 0.3) is 5.69 Å². The lowest BCUT2D eigenvalue weighted by molar-refractivity contribution is -0.117. The lowest BCUT2D eigenvalue weighted by Crippen LogP contribution is -2.39. The second-order valence-corrected chi connectivity index (χ2v) is 11.0. The minimum atomic E-state index is -0.300. The summed E-state index contributed by atoms with van der Waals surface area (Å²) in [4.78, 5) is 28.5. The maximum absolute atomic E-state index is 13.6. The van der Waals surface area contributed by atoms with Gasteiger partial charge >= 0.3 is 0 Å². The number of nitrogens with zero attached hydrogens (tertiary/aromatic N) is 3. The number of anilines is 1. The molecule has 3 aromatic rings. The Morgan fingerprint density at radius 3 is 2.24 bits per heavy atom. The van der Waals surface area contributed by atoms with Crippen LogP contribution in [0.15, 0.2) is 48.5 Å². The molecule has 3 rings (SSSR count). The molecule has 8 heteroatoms. The largest absolute Gasteiger partial charge is 0.497 e. The zero-order valence-electron chi connectivity index (χ0n) is 23.8. The average molecular weight is 521 g/mol. The van der Waals surface area contributed by atoms with Gasteiger partial charge in [-0.05, 0) is 49.1 Å². The van der Waals surface area contributed by atoms with Crippen LogP contribution < -0.4 is 14.8 Å². The van der Waals surface area contributed by atoms with Crippen LogP contribution in [0.2, 0.25) is 0 Å². The second-order valence-electron chi connectivity index (χ2n) is 11.0. The van der Waals surface area contributed by atoms with Gasteiger partial charge in [-0.1, -0.05) is 46.8 Å². The van der Waals surface area contributed by atoms with Crippen LogP contribution in [0.1, 0.15) is 62.7 Å². The number of aromatic nitrogens is 2. The van der Waals surface area contributed by atoms with E-state index in [2.05, 4.69) is 39.9 Å². The van der Waals surface area contributed by atoms with E-state index in [-0.39, 0.29) is 23.8 Å². The fraction of sp³-hybridized carbons (Fsp3) is 0.433. The van der Waals surface area contributed by atoms with Crippen molar-refractivity contribution >= 4 is 17.6 Å². The van der Waals surface area contributed by atoms with E-state index in [0.29, 0.717) is 35.3 Å². The minimum absolute atomic E-state index is 0.102. The van der Waals surface area contributed by atoms with Gasteiger partial charge in [-0.25, -0.2) is 4.68 Å². The summed E-state index contributed by atoms with van der Waals surface area (Å²) in [5.41, 5.74) is 2.99. The monoisotopic (exact) mass is 520 g/mol. The fourth-order valence-electron chi connectivity index (χ4n) is 3.93. The number of nitrogens with one attached hydrogen (secondary N) is 1. The molecule has 0 atom stereocenters. The normalized spacial score (nSPS) is 11.4. The number of hydrogen-bond acceptors (Lipinski definition) is 5. The first-order valence-corrected chi connectivity index (χ1v) is 12.9. The zero-order chi connectivity index (χ0) is 28.0. The molecule has 204 valence electrons. The van der Waals surface area contributed by atoms with Gasteiger partial charge in [0.05, 0.1) is 25.6 Å². The topological polar surface area (TPSA) is 85.7 Å². The highest BCUT2D eigenvalue weighted by molar-refractivity contribution is 5.99. The summed E-state index contributed by atoms with van der Waals surface area (Å²) < 4.78 is 12.4. The van der Waals surface area contributed by atoms with E-state index in [0.717, 1.165) is 23.4 Å². The summed E-state index contributed by atoms with van der Waals surface area (Å²) in [6.07, 6.45) is 0.759. The maximum Gasteiger partial charge on any atom is 0.254 e. The summed E-state index contributed by atoms with van der Waals surface area (Å²) in [6.45, 7) is 12.8. The van der Waals surface area contributed by atoms with Gasteiger partial charge in [-0.15, -0.1) is 0 Å². The molecule has 2 amide bonds. The van der Waals surface area contributed by atoms with Gasteiger partial charge in [-0.3, -0.25) is 9.59 Å². The third kappa shape index (κ3) is 7.37. The Hall–Kier alpha value is -3.81. The molecule has 0 aliphatic carbocycles. The highest BCUT2D eigenvalue weighted by Crippen LogP contribution is 2.27. The van der Waals surface area contributed by atoms with Gasteiger partial charge in [0.25, 0.3) is 5.91 Å². The molecular weight excluding hydrogens is 480 g/mol. The number of carbonyl (C=O) groups is 2.